The van der Waals surface area contributed by atoms with Gasteiger partial charge in [0.1, 0.15) is 17.4 Å². The minimum absolute atomic E-state index is 0.188. The first-order valence-electron chi connectivity index (χ1n) is 8.74. The fourth-order valence-corrected chi connectivity index (χ4v) is 3.18. The maximum Gasteiger partial charge on any atom is 0.335 e. The number of nitrogens with one attached hydrogen (secondary N) is 1. The average molecular weight is 454 g/mol. The molecule has 1 fully saturated rings. The Bertz CT molecular complexity index is 1050. The van der Waals surface area contributed by atoms with E-state index in [1.807, 2.05) is 25.1 Å². The molecule has 0 radical (unpaired) electrons. The molecule has 0 spiro atoms. The molecule has 0 saturated carbocycles. The van der Waals surface area contributed by atoms with Crippen LogP contribution in [0.2, 0.25) is 0 Å². The van der Waals surface area contributed by atoms with Crippen LogP contribution < -0.4 is 15.0 Å². The lowest BCUT2D eigenvalue weighted by Gasteiger charge is -2.26. The Labute approximate surface area is 175 Å². The molecule has 0 aromatic heterocycles. The number of hydrogen-bond donors (Lipinski definition) is 1. The van der Waals surface area contributed by atoms with Gasteiger partial charge in [-0.1, -0.05) is 35.0 Å². The molecule has 29 heavy (non-hydrogen) atoms. The maximum absolute atomic E-state index is 13.0. The number of ether oxygens (including phenoxy) is 1. The molecule has 3 rings (SSSR count). The Morgan fingerprint density at radius 3 is 2.55 bits per heavy atom. The van der Waals surface area contributed by atoms with Gasteiger partial charge in [0.05, 0.1) is 5.69 Å². The largest absolute Gasteiger partial charge is 0.478 e. The summed E-state index contributed by atoms with van der Waals surface area (Å²) in [5.41, 5.74) is 1.62. The van der Waals surface area contributed by atoms with E-state index in [0.29, 0.717) is 21.5 Å². The van der Waals surface area contributed by atoms with Crippen LogP contribution in [0.5, 0.6) is 5.75 Å². The molecular formula is C21H16BrN3O4. The average Bonchev–Trinajstić information content (AvgIpc) is 2.71. The summed E-state index contributed by atoms with van der Waals surface area (Å²) in [6.45, 7) is 1.81. The second-order valence-electron chi connectivity index (χ2n) is 6.11. The van der Waals surface area contributed by atoms with Gasteiger partial charge in [-0.3, -0.25) is 14.9 Å². The monoisotopic (exact) mass is 453 g/mol. The zero-order valence-corrected chi connectivity index (χ0v) is 17.0. The van der Waals surface area contributed by atoms with E-state index in [0.717, 1.165) is 16.9 Å². The molecule has 1 aliphatic rings. The molecule has 7 nitrogen and oxygen atoms in total. The number of anilines is 1. The molecule has 1 aliphatic heterocycles. The third kappa shape index (κ3) is 4.36. The smallest absolute Gasteiger partial charge is 0.335 e. The van der Waals surface area contributed by atoms with Crippen LogP contribution in [0.4, 0.5) is 10.5 Å². The van der Waals surface area contributed by atoms with Crippen LogP contribution in [0.1, 0.15) is 18.1 Å². The van der Waals surface area contributed by atoms with Gasteiger partial charge in [0, 0.05) is 10.0 Å². The lowest BCUT2D eigenvalue weighted by Crippen LogP contribution is -2.54. The molecule has 4 amide bonds. The fraction of sp³-hybridized carbons (Fsp3) is 0.143. The zero-order valence-electron chi connectivity index (χ0n) is 15.4. The van der Waals surface area contributed by atoms with Gasteiger partial charge < -0.3 is 4.74 Å². The number of carbonyl (C=O) groups is 3. The van der Waals surface area contributed by atoms with E-state index in [1.54, 1.807) is 30.3 Å². The number of nitrogens with zero attached hydrogens (tertiary/aromatic N) is 2. The van der Waals surface area contributed by atoms with Crippen molar-refractivity contribution in [3.63, 3.8) is 0 Å². The summed E-state index contributed by atoms with van der Waals surface area (Å²) in [6.07, 6.45) is 2.16. The molecule has 0 atom stereocenters. The SMILES string of the molecule is CCc1ccc(N2C(=O)NC(=O)/C(=C/c3cc(Br)ccc3OCC#N)C2=O)cc1. The standard InChI is InChI=1S/C21H16BrN3O4/c1-2-13-3-6-16(7-4-13)25-20(27)17(19(26)24-21(25)28)12-14-11-15(22)5-8-18(14)29-10-9-23/h3-8,11-12H,2,10H2,1H3,(H,24,26,28)/b17-12-. The number of halogens is 1. The Kier molecular flexibility index (Phi) is 6.10. The molecule has 2 aromatic rings. The summed E-state index contributed by atoms with van der Waals surface area (Å²) in [5, 5.41) is 10.9. The van der Waals surface area contributed by atoms with E-state index in [-0.39, 0.29) is 12.2 Å². The van der Waals surface area contributed by atoms with Gasteiger partial charge in [-0.15, -0.1) is 0 Å². The molecule has 1 heterocycles. The molecule has 1 N–H and O–H groups in total. The maximum atomic E-state index is 13.0. The molecule has 0 bridgehead atoms. The number of barbiturate groups is 1. The third-order valence-corrected chi connectivity index (χ3v) is 4.76. The predicted octanol–water partition coefficient (Wildman–Crippen LogP) is 3.58. The van der Waals surface area contributed by atoms with E-state index in [2.05, 4.69) is 21.2 Å². The molecule has 1 saturated heterocycles. The number of hydrogen-bond acceptors (Lipinski definition) is 5. The van der Waals surface area contributed by atoms with Crippen molar-refractivity contribution in [2.45, 2.75) is 13.3 Å². The number of urea groups is 1. The highest BCUT2D eigenvalue weighted by Crippen LogP contribution is 2.28. The molecular weight excluding hydrogens is 438 g/mol. The lowest BCUT2D eigenvalue weighted by atomic mass is 10.1. The quantitative estimate of drug-likeness (QED) is 0.550. The van der Waals surface area contributed by atoms with Crippen molar-refractivity contribution in [2.75, 3.05) is 11.5 Å². The predicted molar refractivity (Wildman–Crippen MR) is 110 cm³/mol. The van der Waals surface area contributed by atoms with Crippen LogP contribution in [0, 0.1) is 11.3 Å². The highest BCUT2D eigenvalue weighted by molar-refractivity contribution is 9.10. The Morgan fingerprint density at radius 1 is 1.17 bits per heavy atom. The van der Waals surface area contributed by atoms with Crippen molar-refractivity contribution in [3.05, 3.63) is 63.6 Å². The number of benzene rings is 2. The second-order valence-corrected chi connectivity index (χ2v) is 7.02. The van der Waals surface area contributed by atoms with E-state index in [9.17, 15) is 14.4 Å². The van der Waals surface area contributed by atoms with E-state index >= 15 is 0 Å². The van der Waals surface area contributed by atoms with Crippen LogP contribution >= 0.6 is 15.9 Å². The number of amides is 4. The normalized spacial score (nSPS) is 15.3. The van der Waals surface area contributed by atoms with Gasteiger partial charge in [0.15, 0.2) is 6.61 Å². The summed E-state index contributed by atoms with van der Waals surface area (Å²) in [5.74, 6) is -1.21. The minimum Gasteiger partial charge on any atom is -0.478 e. The van der Waals surface area contributed by atoms with E-state index in [1.165, 1.54) is 6.08 Å². The number of nitriles is 1. The summed E-state index contributed by atoms with van der Waals surface area (Å²) < 4.78 is 6.06. The summed E-state index contributed by atoms with van der Waals surface area (Å²) >= 11 is 3.33. The van der Waals surface area contributed by atoms with Crippen LogP contribution in [-0.4, -0.2) is 24.5 Å². The number of rotatable bonds is 5. The molecule has 8 heteroatoms. The summed E-state index contributed by atoms with van der Waals surface area (Å²) in [7, 11) is 0. The first-order chi connectivity index (χ1) is 13.9. The van der Waals surface area contributed by atoms with E-state index in [4.69, 9.17) is 10.00 Å². The highest BCUT2D eigenvalue weighted by atomic mass is 79.9. The lowest BCUT2D eigenvalue weighted by molar-refractivity contribution is -0.122. The van der Waals surface area contributed by atoms with Gasteiger partial charge in [0.25, 0.3) is 11.8 Å². The Hall–Kier alpha value is -3.44. The van der Waals surface area contributed by atoms with Crippen LogP contribution in [0.3, 0.4) is 0 Å². The van der Waals surface area contributed by atoms with Crippen LogP contribution in [0.15, 0.2) is 52.5 Å². The number of aryl methyl sites for hydroxylation is 1. The third-order valence-electron chi connectivity index (χ3n) is 4.27. The summed E-state index contributed by atoms with van der Waals surface area (Å²) in [4.78, 5) is 38.6. The van der Waals surface area contributed by atoms with E-state index < -0.39 is 17.8 Å². The highest BCUT2D eigenvalue weighted by Gasteiger charge is 2.37. The first kappa shape index (κ1) is 20.3. The second kappa shape index (κ2) is 8.71. The van der Waals surface area contributed by atoms with Crippen molar-refractivity contribution >= 4 is 45.5 Å². The van der Waals surface area contributed by atoms with Crippen molar-refractivity contribution in [3.8, 4) is 11.8 Å². The van der Waals surface area contributed by atoms with Crippen LogP contribution in [0.25, 0.3) is 6.08 Å². The van der Waals surface area contributed by atoms with Crippen molar-refractivity contribution in [1.29, 1.82) is 5.26 Å². The molecule has 0 unspecified atom stereocenters. The fourth-order valence-electron chi connectivity index (χ4n) is 2.80. The molecule has 146 valence electrons. The first-order valence-corrected chi connectivity index (χ1v) is 9.53. The van der Waals surface area contributed by atoms with Gasteiger partial charge >= 0.3 is 6.03 Å². The van der Waals surface area contributed by atoms with Gasteiger partial charge in [-0.2, -0.15) is 5.26 Å². The number of carbonyl (C=O) groups excluding carboxylic acids is 3. The van der Waals surface area contributed by atoms with Crippen molar-refractivity contribution in [2.24, 2.45) is 0 Å². The summed E-state index contributed by atoms with van der Waals surface area (Å²) in [6, 6.07) is 13.0. The van der Waals surface area contributed by atoms with Gasteiger partial charge in [-0.25, -0.2) is 9.69 Å². The van der Waals surface area contributed by atoms with Crippen molar-refractivity contribution < 1.29 is 19.1 Å². The van der Waals surface area contributed by atoms with Gasteiger partial charge in [0.2, 0.25) is 0 Å². The van der Waals surface area contributed by atoms with Crippen LogP contribution in [-0.2, 0) is 16.0 Å². The Morgan fingerprint density at radius 2 is 1.90 bits per heavy atom. The topological polar surface area (TPSA) is 99.5 Å². The molecule has 2 aromatic carbocycles. The number of imide groups is 2. The van der Waals surface area contributed by atoms with Gasteiger partial charge in [-0.05, 0) is 48.4 Å². The Balaban J connectivity index is 2.01. The zero-order chi connectivity index (χ0) is 21.0. The minimum atomic E-state index is -0.809. The van der Waals surface area contributed by atoms with Crippen molar-refractivity contribution in [1.82, 2.24) is 5.32 Å². The molecule has 0 aliphatic carbocycles.